The number of aliphatic carboxylic acids is 1. The van der Waals surface area contributed by atoms with E-state index < -0.39 is 60.2 Å². The Hall–Kier alpha value is -4.70. The zero-order valence-corrected chi connectivity index (χ0v) is 23.9. The minimum atomic E-state index is -1.30. The van der Waals surface area contributed by atoms with Crippen molar-refractivity contribution < 1.29 is 29.1 Å². The molecule has 15 N–H and O–H groups in total. The predicted octanol–water partition coefficient (Wildman–Crippen LogP) is -2.37. The van der Waals surface area contributed by atoms with Gasteiger partial charge in [-0.15, -0.1) is 0 Å². The van der Waals surface area contributed by atoms with Gasteiger partial charge >= 0.3 is 5.97 Å². The first-order valence-corrected chi connectivity index (χ1v) is 13.9. The lowest BCUT2D eigenvalue weighted by Crippen LogP contribution is -2.57. The van der Waals surface area contributed by atoms with Crippen LogP contribution in [0.2, 0.25) is 0 Å². The highest BCUT2D eigenvalue weighted by molar-refractivity contribution is 5.95. The highest BCUT2D eigenvalue weighted by atomic mass is 16.4. The number of carboxylic acid groups (broad SMARTS) is 1. The van der Waals surface area contributed by atoms with Crippen LogP contribution in [-0.2, 0) is 30.4 Å². The van der Waals surface area contributed by atoms with E-state index in [9.17, 15) is 29.1 Å². The Balaban J connectivity index is 2.26. The molecule has 0 aliphatic rings. The highest BCUT2D eigenvalue weighted by Crippen LogP contribution is 2.19. The van der Waals surface area contributed by atoms with Crippen LogP contribution < -0.4 is 44.6 Å². The molecular weight excluding hydrogens is 560 g/mol. The Labute approximate surface area is 248 Å². The second-order valence-corrected chi connectivity index (χ2v) is 10.1. The standard InChI is InChI=1S/C27H42N10O6/c28-10-4-3-8-19(24(40)36-20(26(42)43)9-5-11-33-27(31)32)35-25(41)21(37-23(39)17(29)13-22(30)38)12-15-14-34-18-7-2-1-6-16(15)18/h1-2,6-7,14,17,19-21,34H,3-5,8-13,28-29H2,(H2,30,38)(H,35,41)(H,36,40)(H,37,39)(H,42,43)(H4,31,32,33). The molecule has 236 valence electrons. The predicted molar refractivity (Wildman–Crippen MR) is 160 cm³/mol. The molecular formula is C27H42N10O6. The fraction of sp³-hybridized carbons (Fsp3) is 0.481. The van der Waals surface area contributed by atoms with Crippen LogP contribution in [0.3, 0.4) is 0 Å². The van der Waals surface area contributed by atoms with Gasteiger partial charge in [-0.25, -0.2) is 4.79 Å². The van der Waals surface area contributed by atoms with E-state index in [1.54, 1.807) is 6.20 Å². The molecule has 4 amide bonds. The van der Waals surface area contributed by atoms with Crippen molar-refractivity contribution in [2.75, 3.05) is 13.1 Å². The Kier molecular flexibility index (Phi) is 13.9. The van der Waals surface area contributed by atoms with Crippen molar-refractivity contribution in [3.05, 3.63) is 36.0 Å². The molecule has 1 heterocycles. The molecule has 0 saturated heterocycles. The van der Waals surface area contributed by atoms with Gasteiger partial charge in [-0.05, 0) is 50.3 Å². The van der Waals surface area contributed by atoms with Gasteiger partial charge < -0.3 is 54.7 Å². The quantitative estimate of drug-likeness (QED) is 0.0463. The average Bonchev–Trinajstić information content (AvgIpc) is 3.35. The van der Waals surface area contributed by atoms with Gasteiger partial charge in [0.2, 0.25) is 23.6 Å². The molecule has 0 radical (unpaired) electrons. The molecule has 4 unspecified atom stereocenters. The number of aliphatic imine (C=N–C) groups is 1. The number of amides is 4. The summed E-state index contributed by atoms with van der Waals surface area (Å²) in [5.74, 6) is -4.40. The molecule has 2 aromatic rings. The summed E-state index contributed by atoms with van der Waals surface area (Å²) in [7, 11) is 0. The number of unbranched alkanes of at least 4 members (excludes halogenated alkanes) is 1. The molecule has 43 heavy (non-hydrogen) atoms. The highest BCUT2D eigenvalue weighted by Gasteiger charge is 2.31. The zero-order chi connectivity index (χ0) is 31.9. The van der Waals surface area contributed by atoms with E-state index in [0.717, 1.165) is 10.9 Å². The smallest absolute Gasteiger partial charge is 0.326 e. The van der Waals surface area contributed by atoms with Gasteiger partial charge in [0.1, 0.15) is 18.1 Å². The van der Waals surface area contributed by atoms with Crippen LogP contribution >= 0.6 is 0 Å². The van der Waals surface area contributed by atoms with Gasteiger partial charge in [0.15, 0.2) is 5.96 Å². The number of carbonyl (C=O) groups excluding carboxylic acids is 4. The zero-order valence-electron chi connectivity index (χ0n) is 23.9. The van der Waals surface area contributed by atoms with Gasteiger partial charge in [-0.1, -0.05) is 18.2 Å². The Morgan fingerprint density at radius 3 is 2.14 bits per heavy atom. The van der Waals surface area contributed by atoms with E-state index in [-0.39, 0.29) is 38.2 Å². The third kappa shape index (κ3) is 11.6. The molecule has 2 rings (SSSR count). The molecule has 0 bridgehead atoms. The Morgan fingerprint density at radius 2 is 1.49 bits per heavy atom. The second kappa shape index (κ2) is 17.3. The maximum absolute atomic E-state index is 13.6. The van der Waals surface area contributed by atoms with Crippen LogP contribution in [-0.4, -0.2) is 82.9 Å². The number of carboxylic acids is 1. The van der Waals surface area contributed by atoms with Crippen molar-refractivity contribution in [1.29, 1.82) is 0 Å². The van der Waals surface area contributed by atoms with Crippen LogP contribution in [0.1, 0.15) is 44.1 Å². The van der Waals surface area contributed by atoms with Gasteiger partial charge in [-0.3, -0.25) is 24.2 Å². The maximum atomic E-state index is 13.6. The summed E-state index contributed by atoms with van der Waals surface area (Å²) < 4.78 is 0. The van der Waals surface area contributed by atoms with Crippen molar-refractivity contribution in [3.63, 3.8) is 0 Å². The first-order valence-electron chi connectivity index (χ1n) is 13.9. The van der Waals surface area contributed by atoms with Crippen molar-refractivity contribution in [3.8, 4) is 0 Å². The number of H-pyrrole nitrogens is 1. The number of guanidine groups is 1. The summed E-state index contributed by atoms with van der Waals surface area (Å²) in [4.78, 5) is 69.7. The number of rotatable bonds is 19. The number of aromatic nitrogens is 1. The fourth-order valence-corrected chi connectivity index (χ4v) is 4.39. The number of benzene rings is 1. The van der Waals surface area contributed by atoms with E-state index in [2.05, 4.69) is 25.9 Å². The number of primary amides is 1. The summed E-state index contributed by atoms with van der Waals surface area (Å²) in [6.45, 7) is 0.521. The van der Waals surface area contributed by atoms with Gasteiger partial charge in [0.25, 0.3) is 0 Å². The van der Waals surface area contributed by atoms with Crippen LogP contribution in [0, 0.1) is 0 Å². The Bertz CT molecular complexity index is 1290. The summed E-state index contributed by atoms with van der Waals surface area (Å²) in [5.41, 5.74) is 28.7. The first kappa shape index (κ1) is 34.5. The van der Waals surface area contributed by atoms with Gasteiger partial charge in [0, 0.05) is 30.1 Å². The first-order chi connectivity index (χ1) is 20.4. The topological polar surface area (TPSA) is 300 Å². The fourth-order valence-electron chi connectivity index (χ4n) is 4.39. The van der Waals surface area contributed by atoms with E-state index in [0.29, 0.717) is 24.9 Å². The van der Waals surface area contributed by atoms with Crippen LogP contribution in [0.4, 0.5) is 0 Å². The maximum Gasteiger partial charge on any atom is 0.326 e. The molecule has 1 aromatic carbocycles. The number of aromatic amines is 1. The minimum absolute atomic E-state index is 0.0184. The molecule has 0 spiro atoms. The normalized spacial score (nSPS) is 13.7. The third-order valence-electron chi connectivity index (χ3n) is 6.63. The SMILES string of the molecule is NCCCCC(NC(=O)C(Cc1c[nH]c2ccccc12)NC(=O)C(N)CC(N)=O)C(=O)NC(CCCN=C(N)N)C(=O)O. The summed E-state index contributed by atoms with van der Waals surface area (Å²) in [6, 6.07) is 2.46. The molecule has 0 aliphatic heterocycles. The van der Waals surface area contributed by atoms with Crippen LogP contribution in [0.5, 0.6) is 0 Å². The van der Waals surface area contributed by atoms with Crippen LogP contribution in [0.15, 0.2) is 35.5 Å². The van der Waals surface area contributed by atoms with Crippen molar-refractivity contribution in [2.24, 2.45) is 33.7 Å². The number of para-hydroxylation sites is 1. The summed E-state index contributed by atoms with van der Waals surface area (Å²) in [5, 5.41) is 18.1. The lowest BCUT2D eigenvalue weighted by molar-refractivity contribution is -0.142. The second-order valence-electron chi connectivity index (χ2n) is 10.1. The van der Waals surface area contributed by atoms with E-state index in [1.807, 2.05) is 24.3 Å². The summed E-state index contributed by atoms with van der Waals surface area (Å²) >= 11 is 0. The monoisotopic (exact) mass is 602 g/mol. The van der Waals surface area contributed by atoms with Gasteiger partial charge in [-0.2, -0.15) is 0 Å². The number of carbonyl (C=O) groups is 5. The molecule has 4 atom stereocenters. The molecule has 0 aliphatic carbocycles. The number of nitrogens with two attached hydrogens (primary N) is 5. The number of hydrogen-bond donors (Lipinski definition) is 10. The van der Waals surface area contributed by atoms with Crippen molar-refractivity contribution >= 4 is 46.5 Å². The molecule has 0 fully saturated rings. The molecule has 16 nitrogen and oxygen atoms in total. The number of nitrogens with one attached hydrogen (secondary N) is 4. The molecule has 16 heteroatoms. The van der Waals surface area contributed by atoms with Crippen molar-refractivity contribution in [1.82, 2.24) is 20.9 Å². The number of fused-ring (bicyclic) bond motifs is 1. The van der Waals surface area contributed by atoms with Gasteiger partial charge in [0.05, 0.1) is 12.5 Å². The number of hydrogen-bond acceptors (Lipinski definition) is 8. The molecule has 1 aromatic heterocycles. The minimum Gasteiger partial charge on any atom is -0.480 e. The van der Waals surface area contributed by atoms with Crippen molar-refractivity contribution in [2.45, 2.75) is 69.1 Å². The summed E-state index contributed by atoms with van der Waals surface area (Å²) in [6.07, 6.45) is 2.78. The van der Waals surface area contributed by atoms with Crippen LogP contribution in [0.25, 0.3) is 10.9 Å². The molecule has 0 saturated carbocycles. The largest absolute Gasteiger partial charge is 0.480 e. The lowest BCUT2D eigenvalue weighted by Gasteiger charge is -2.25. The van der Waals surface area contributed by atoms with E-state index in [1.165, 1.54) is 0 Å². The van der Waals surface area contributed by atoms with E-state index >= 15 is 0 Å². The lowest BCUT2D eigenvalue weighted by atomic mass is 10.0. The number of nitrogens with zero attached hydrogens (tertiary/aromatic N) is 1. The van der Waals surface area contributed by atoms with E-state index in [4.69, 9.17) is 28.7 Å². The average molecular weight is 603 g/mol. The third-order valence-corrected chi connectivity index (χ3v) is 6.63. The Morgan fingerprint density at radius 1 is 0.860 bits per heavy atom.